The van der Waals surface area contributed by atoms with Gasteiger partial charge in [-0.05, 0) is 28.4 Å². The second-order valence-electron chi connectivity index (χ2n) is 8.04. The number of H-pyrrole nitrogens is 1. The van der Waals surface area contributed by atoms with Gasteiger partial charge in [-0.15, -0.1) is 0 Å². The van der Waals surface area contributed by atoms with E-state index in [0.29, 0.717) is 29.9 Å². The first-order chi connectivity index (χ1) is 16.1. The number of benzene rings is 1. The monoisotopic (exact) mass is 534 g/mol. The molecule has 1 N–H and O–H groups in total. The molecule has 12 heteroatoms. The zero-order chi connectivity index (χ0) is 24.2. The average Bonchev–Trinajstić information content (AvgIpc) is 3.36. The van der Waals surface area contributed by atoms with Gasteiger partial charge >= 0.3 is 6.18 Å². The Kier molecular flexibility index (Phi) is 5.34. The minimum atomic E-state index is -4.64. The molecule has 0 saturated heterocycles. The maximum Gasteiger partial charge on any atom is 0.436 e. The van der Waals surface area contributed by atoms with Gasteiger partial charge < -0.3 is 4.90 Å². The first-order valence-electron chi connectivity index (χ1n) is 10.4. The Morgan fingerprint density at radius 3 is 2.65 bits per heavy atom. The summed E-state index contributed by atoms with van der Waals surface area (Å²) >= 11 is 2.91. The van der Waals surface area contributed by atoms with Crippen LogP contribution in [0.3, 0.4) is 0 Å². The molecule has 3 aromatic heterocycles. The van der Waals surface area contributed by atoms with Gasteiger partial charge in [-0.2, -0.15) is 18.3 Å². The van der Waals surface area contributed by atoms with Crippen molar-refractivity contribution in [2.45, 2.75) is 32.6 Å². The molecule has 1 amide bonds. The Balaban J connectivity index is 1.42. The third kappa shape index (κ3) is 3.81. The molecule has 4 heterocycles. The zero-order valence-corrected chi connectivity index (χ0v) is 19.4. The molecule has 0 radical (unpaired) electrons. The number of aromatic nitrogens is 5. The molecule has 0 unspecified atom stereocenters. The van der Waals surface area contributed by atoms with E-state index >= 15 is 0 Å². The Morgan fingerprint density at radius 2 is 1.97 bits per heavy atom. The van der Waals surface area contributed by atoms with E-state index in [9.17, 15) is 22.8 Å². The van der Waals surface area contributed by atoms with Crippen molar-refractivity contribution >= 4 is 27.5 Å². The highest BCUT2D eigenvalue weighted by molar-refractivity contribution is 9.10. The fourth-order valence-electron chi connectivity index (χ4n) is 4.05. The van der Waals surface area contributed by atoms with Crippen LogP contribution in [0.1, 0.15) is 22.6 Å². The van der Waals surface area contributed by atoms with E-state index in [2.05, 4.69) is 31.1 Å². The first-order valence-corrected chi connectivity index (χ1v) is 11.2. The summed E-state index contributed by atoms with van der Waals surface area (Å²) in [4.78, 5) is 32.1. The molecule has 1 aliphatic rings. The summed E-state index contributed by atoms with van der Waals surface area (Å²) < 4.78 is 41.6. The van der Waals surface area contributed by atoms with E-state index in [4.69, 9.17) is 0 Å². The lowest BCUT2D eigenvalue weighted by atomic mass is 10.1. The van der Waals surface area contributed by atoms with E-state index in [1.54, 1.807) is 6.07 Å². The number of aromatic amines is 1. The Morgan fingerprint density at radius 1 is 1.24 bits per heavy atom. The maximum atomic E-state index is 13.2. The van der Waals surface area contributed by atoms with E-state index in [0.717, 1.165) is 15.9 Å². The molecule has 34 heavy (non-hydrogen) atoms. The highest BCUT2D eigenvalue weighted by atomic mass is 79.9. The second kappa shape index (κ2) is 8.12. The van der Waals surface area contributed by atoms with Crippen molar-refractivity contribution in [1.82, 2.24) is 29.3 Å². The topological polar surface area (TPSA) is 88.3 Å². The molecule has 0 aliphatic carbocycles. The predicted octanol–water partition coefficient (Wildman–Crippen LogP) is 3.56. The molecule has 0 fully saturated rings. The highest BCUT2D eigenvalue weighted by Crippen LogP contribution is 2.35. The summed E-state index contributed by atoms with van der Waals surface area (Å²) in [5.41, 5.74) is 1.94. The van der Waals surface area contributed by atoms with Gasteiger partial charge in [-0.3, -0.25) is 19.4 Å². The Hall–Kier alpha value is -3.41. The lowest BCUT2D eigenvalue weighted by Crippen LogP contribution is -2.41. The van der Waals surface area contributed by atoms with Gasteiger partial charge in [0.25, 0.3) is 5.56 Å². The van der Waals surface area contributed by atoms with Crippen LogP contribution in [-0.4, -0.2) is 41.7 Å². The van der Waals surface area contributed by atoms with Crippen molar-refractivity contribution in [3.8, 4) is 11.3 Å². The number of carbonyl (C=O) groups excluding carboxylic acids is 1. The molecule has 8 nitrogen and oxygen atoms in total. The molecule has 1 aliphatic heterocycles. The quantitative estimate of drug-likeness (QED) is 0.435. The molecule has 1 aromatic carbocycles. The third-order valence-electron chi connectivity index (χ3n) is 5.89. The largest absolute Gasteiger partial charge is 0.436 e. The fourth-order valence-corrected chi connectivity index (χ4v) is 4.56. The van der Waals surface area contributed by atoms with E-state index < -0.39 is 17.8 Å². The van der Waals surface area contributed by atoms with E-state index in [1.807, 2.05) is 30.3 Å². The number of amides is 1. The van der Waals surface area contributed by atoms with Crippen molar-refractivity contribution in [1.29, 1.82) is 0 Å². The second-order valence-corrected chi connectivity index (χ2v) is 8.83. The van der Waals surface area contributed by atoms with Crippen molar-refractivity contribution in [2.24, 2.45) is 0 Å². The van der Waals surface area contributed by atoms with Gasteiger partial charge in [-0.1, -0.05) is 30.3 Å². The van der Waals surface area contributed by atoms with Gasteiger partial charge in [0.05, 0.1) is 33.7 Å². The van der Waals surface area contributed by atoms with Crippen molar-refractivity contribution in [3.63, 3.8) is 0 Å². The molecule has 0 bridgehead atoms. The average molecular weight is 535 g/mol. The standard InChI is InChI=1S/C22H18BrF3N6O2/c1-12-19(23)20(22(24,25)26)29-31(12)11-18(33)30-8-7-15-14(10-30)21(34)32-17(27-15)9-16(28-32)13-5-3-2-4-6-13/h2-6,9,28H,7-8,10-11H2,1H3. The van der Waals surface area contributed by atoms with Gasteiger partial charge in [-0.25, -0.2) is 9.50 Å². The van der Waals surface area contributed by atoms with Crippen LogP contribution < -0.4 is 5.56 Å². The number of hydrogen-bond donors (Lipinski definition) is 1. The molecule has 176 valence electrons. The minimum Gasteiger partial charge on any atom is -0.336 e. The van der Waals surface area contributed by atoms with E-state index in [1.165, 1.54) is 16.3 Å². The van der Waals surface area contributed by atoms with E-state index in [-0.39, 0.29) is 28.8 Å². The van der Waals surface area contributed by atoms with Crippen molar-refractivity contribution in [2.75, 3.05) is 6.54 Å². The lowest BCUT2D eigenvalue weighted by Gasteiger charge is -2.27. The number of nitrogens with zero attached hydrogens (tertiary/aromatic N) is 5. The molecular weight excluding hydrogens is 517 g/mol. The Labute approximate surface area is 199 Å². The molecule has 4 aromatic rings. The number of fused-ring (bicyclic) bond motifs is 2. The SMILES string of the molecule is Cc1c(Br)c(C(F)(F)F)nn1CC(=O)N1CCc2nc3cc(-c4ccccc4)[nH]n3c(=O)c2C1. The van der Waals surface area contributed by atoms with Crippen LogP contribution in [0.2, 0.25) is 0 Å². The van der Waals surface area contributed by atoms with Crippen LogP contribution in [0, 0.1) is 6.92 Å². The molecule has 0 spiro atoms. The number of alkyl halides is 3. The first kappa shape index (κ1) is 22.4. The minimum absolute atomic E-state index is 0.0241. The normalized spacial score (nSPS) is 14.0. The summed E-state index contributed by atoms with van der Waals surface area (Å²) in [6.07, 6.45) is -4.27. The number of rotatable bonds is 3. The predicted molar refractivity (Wildman–Crippen MR) is 120 cm³/mol. The fraction of sp³-hybridized carbons (Fsp3) is 0.273. The van der Waals surface area contributed by atoms with Gasteiger partial charge in [0.2, 0.25) is 5.91 Å². The number of hydrogen-bond acceptors (Lipinski definition) is 4. The van der Waals surface area contributed by atoms with Gasteiger partial charge in [0, 0.05) is 19.0 Å². The molecule has 0 atom stereocenters. The smallest absolute Gasteiger partial charge is 0.336 e. The zero-order valence-electron chi connectivity index (χ0n) is 17.9. The van der Waals surface area contributed by atoms with Crippen LogP contribution in [0.15, 0.2) is 45.7 Å². The summed E-state index contributed by atoms with van der Waals surface area (Å²) in [5.74, 6) is -0.432. The highest BCUT2D eigenvalue weighted by Gasteiger charge is 2.38. The lowest BCUT2D eigenvalue weighted by molar-refractivity contribution is -0.142. The maximum absolute atomic E-state index is 13.2. The summed E-state index contributed by atoms with van der Waals surface area (Å²) in [6, 6.07) is 11.3. The summed E-state index contributed by atoms with van der Waals surface area (Å²) in [6.45, 7) is 1.41. The number of nitrogens with one attached hydrogen (secondary N) is 1. The van der Waals surface area contributed by atoms with Crippen LogP contribution in [0.4, 0.5) is 13.2 Å². The third-order valence-corrected chi connectivity index (χ3v) is 6.84. The van der Waals surface area contributed by atoms with Crippen molar-refractivity contribution in [3.05, 3.63) is 73.9 Å². The van der Waals surface area contributed by atoms with Crippen LogP contribution in [0.25, 0.3) is 16.9 Å². The van der Waals surface area contributed by atoms with Gasteiger partial charge in [0.15, 0.2) is 11.3 Å². The van der Waals surface area contributed by atoms with Crippen LogP contribution >= 0.6 is 15.9 Å². The summed E-state index contributed by atoms with van der Waals surface area (Å²) in [7, 11) is 0. The molecular formula is C22H18BrF3N6O2. The molecule has 5 rings (SSSR count). The number of halogens is 4. The van der Waals surface area contributed by atoms with Crippen LogP contribution in [-0.2, 0) is 30.5 Å². The van der Waals surface area contributed by atoms with Gasteiger partial charge in [0.1, 0.15) is 6.54 Å². The molecule has 0 saturated carbocycles. The van der Waals surface area contributed by atoms with Crippen LogP contribution in [0.5, 0.6) is 0 Å². The van der Waals surface area contributed by atoms with Crippen molar-refractivity contribution < 1.29 is 18.0 Å². The summed E-state index contributed by atoms with van der Waals surface area (Å²) in [5, 5.41) is 6.62. The number of carbonyl (C=O) groups is 1. The Bertz CT molecular complexity index is 1470.